The molecule has 0 unspecified atom stereocenters. The molecule has 1 N–H and O–H groups in total. The zero-order chi connectivity index (χ0) is 12.8. The third-order valence-corrected chi connectivity index (χ3v) is 2.81. The maximum absolute atomic E-state index is 11.6. The predicted molar refractivity (Wildman–Crippen MR) is 74.1 cm³/mol. The zero-order valence-electron chi connectivity index (χ0n) is 10.6. The van der Waals surface area contributed by atoms with Crippen LogP contribution in [-0.2, 0) is 4.79 Å². The number of amides is 1. The van der Waals surface area contributed by atoms with E-state index in [1.54, 1.807) is 0 Å². The number of hydrogen-bond acceptors (Lipinski definition) is 2. The fraction of sp³-hybridized carbons (Fsp3) is 0.462. The van der Waals surface area contributed by atoms with E-state index in [4.69, 9.17) is 11.6 Å². The largest absolute Gasteiger partial charge is 0.378 e. The second-order valence-corrected chi connectivity index (χ2v) is 4.61. The smallest absolute Gasteiger partial charge is 0.224 e. The Kier molecular flexibility index (Phi) is 5.29. The van der Waals surface area contributed by atoms with Gasteiger partial charge >= 0.3 is 0 Å². The summed E-state index contributed by atoms with van der Waals surface area (Å²) in [6, 6.07) is 5.98. The van der Waals surface area contributed by atoms with Gasteiger partial charge < -0.3 is 10.2 Å². The van der Waals surface area contributed by atoms with Gasteiger partial charge in [-0.1, -0.05) is 0 Å². The quantitative estimate of drug-likeness (QED) is 0.820. The number of halogens is 1. The number of nitrogens with one attached hydrogen (secondary N) is 1. The highest BCUT2D eigenvalue weighted by atomic mass is 35.5. The van der Waals surface area contributed by atoms with Gasteiger partial charge in [0, 0.05) is 37.8 Å². The van der Waals surface area contributed by atoms with E-state index >= 15 is 0 Å². The zero-order valence-corrected chi connectivity index (χ0v) is 11.3. The van der Waals surface area contributed by atoms with Crippen molar-refractivity contribution in [3.8, 4) is 0 Å². The molecular weight excluding hydrogens is 236 g/mol. The molecule has 0 aliphatic rings. The van der Waals surface area contributed by atoms with Crippen LogP contribution in [0.1, 0.15) is 18.4 Å². The van der Waals surface area contributed by atoms with Gasteiger partial charge in [0.25, 0.3) is 0 Å². The second kappa shape index (κ2) is 6.50. The molecule has 1 aromatic carbocycles. The normalized spacial score (nSPS) is 10.1. The first kappa shape index (κ1) is 13.8. The third-order valence-electron chi connectivity index (χ3n) is 2.54. The summed E-state index contributed by atoms with van der Waals surface area (Å²) in [7, 11) is 3.99. The summed E-state index contributed by atoms with van der Waals surface area (Å²) in [4.78, 5) is 13.6. The Morgan fingerprint density at radius 2 is 2.12 bits per heavy atom. The molecule has 4 heteroatoms. The van der Waals surface area contributed by atoms with Gasteiger partial charge in [0.05, 0.1) is 0 Å². The molecule has 0 aromatic heterocycles. The molecule has 1 aromatic rings. The molecule has 0 bridgehead atoms. The van der Waals surface area contributed by atoms with E-state index in [1.807, 2.05) is 38.1 Å². The van der Waals surface area contributed by atoms with Gasteiger partial charge in [-0.3, -0.25) is 4.79 Å². The van der Waals surface area contributed by atoms with Crippen LogP contribution in [-0.4, -0.2) is 25.9 Å². The molecule has 0 fully saturated rings. The Hall–Kier alpha value is -1.22. The van der Waals surface area contributed by atoms with Crippen molar-refractivity contribution in [2.24, 2.45) is 0 Å². The van der Waals surface area contributed by atoms with E-state index < -0.39 is 0 Å². The molecule has 0 aliphatic carbocycles. The van der Waals surface area contributed by atoms with E-state index in [-0.39, 0.29) is 5.91 Å². The predicted octanol–water partition coefficient (Wildman–Crippen LogP) is 3.02. The van der Waals surface area contributed by atoms with E-state index in [2.05, 4.69) is 11.4 Å². The number of nitrogens with zero attached hydrogens (tertiary/aromatic N) is 1. The summed E-state index contributed by atoms with van der Waals surface area (Å²) in [5.41, 5.74) is 3.06. The highest BCUT2D eigenvalue weighted by molar-refractivity contribution is 6.18. The van der Waals surface area contributed by atoms with Crippen LogP contribution in [0.2, 0.25) is 0 Å². The number of carbonyl (C=O) groups is 1. The summed E-state index contributed by atoms with van der Waals surface area (Å²) in [5, 5.41) is 2.90. The standard InChI is InChI=1S/C13H19ClN2O/c1-10-9-11(16(2)3)6-7-12(10)15-13(17)5-4-8-14/h6-7,9H,4-5,8H2,1-3H3,(H,15,17). The molecule has 3 nitrogen and oxygen atoms in total. The Labute approximate surface area is 108 Å². The van der Waals surface area contributed by atoms with Crippen molar-refractivity contribution in [1.29, 1.82) is 0 Å². The molecule has 17 heavy (non-hydrogen) atoms. The van der Waals surface area contributed by atoms with Gasteiger partial charge in [-0.25, -0.2) is 0 Å². The number of alkyl halides is 1. The first-order valence-electron chi connectivity index (χ1n) is 5.68. The van der Waals surface area contributed by atoms with Crippen LogP contribution in [0.4, 0.5) is 11.4 Å². The van der Waals surface area contributed by atoms with Gasteiger partial charge in [0.1, 0.15) is 0 Å². The summed E-state index contributed by atoms with van der Waals surface area (Å²) in [6.45, 7) is 1.99. The lowest BCUT2D eigenvalue weighted by Gasteiger charge is -2.15. The van der Waals surface area contributed by atoms with E-state index in [9.17, 15) is 4.79 Å². The Morgan fingerprint density at radius 1 is 1.41 bits per heavy atom. The van der Waals surface area contributed by atoms with E-state index in [0.29, 0.717) is 18.7 Å². The number of anilines is 2. The summed E-state index contributed by atoms with van der Waals surface area (Å²) >= 11 is 5.55. The highest BCUT2D eigenvalue weighted by Crippen LogP contribution is 2.21. The Balaban J connectivity index is 2.69. The molecule has 1 amide bonds. The molecule has 0 atom stereocenters. The van der Waals surface area contributed by atoms with Gasteiger partial charge in [-0.2, -0.15) is 0 Å². The topological polar surface area (TPSA) is 32.3 Å². The number of benzene rings is 1. The minimum absolute atomic E-state index is 0.0198. The van der Waals surface area contributed by atoms with Gasteiger partial charge in [-0.05, 0) is 37.1 Å². The van der Waals surface area contributed by atoms with E-state index in [0.717, 1.165) is 16.9 Å². The van der Waals surface area contributed by atoms with Crippen LogP contribution in [0, 0.1) is 6.92 Å². The summed E-state index contributed by atoms with van der Waals surface area (Å²) < 4.78 is 0. The van der Waals surface area contributed by atoms with Crippen LogP contribution in [0.25, 0.3) is 0 Å². The molecule has 0 heterocycles. The van der Waals surface area contributed by atoms with Crippen molar-refractivity contribution < 1.29 is 4.79 Å². The summed E-state index contributed by atoms with van der Waals surface area (Å²) in [6.07, 6.45) is 1.18. The second-order valence-electron chi connectivity index (χ2n) is 4.23. The molecule has 0 spiro atoms. The van der Waals surface area contributed by atoms with E-state index in [1.165, 1.54) is 0 Å². The average Bonchev–Trinajstić information content (AvgIpc) is 2.28. The van der Waals surface area contributed by atoms with Crippen LogP contribution < -0.4 is 10.2 Å². The number of aryl methyl sites for hydroxylation is 1. The lowest BCUT2D eigenvalue weighted by atomic mass is 10.1. The molecule has 1 rings (SSSR count). The van der Waals surface area contributed by atoms with Gasteiger partial charge in [-0.15, -0.1) is 11.6 Å². The van der Waals surface area contributed by atoms with Crippen molar-refractivity contribution in [1.82, 2.24) is 0 Å². The van der Waals surface area contributed by atoms with Crippen LogP contribution in [0.5, 0.6) is 0 Å². The maximum Gasteiger partial charge on any atom is 0.224 e. The minimum atomic E-state index is 0.0198. The van der Waals surface area contributed by atoms with Gasteiger partial charge in [0.15, 0.2) is 0 Å². The van der Waals surface area contributed by atoms with Crippen LogP contribution in [0.3, 0.4) is 0 Å². The SMILES string of the molecule is Cc1cc(N(C)C)ccc1NC(=O)CCCCl. The van der Waals surface area contributed by atoms with Gasteiger partial charge in [0.2, 0.25) is 5.91 Å². The Morgan fingerprint density at radius 3 is 2.65 bits per heavy atom. The molecule has 0 aliphatic heterocycles. The minimum Gasteiger partial charge on any atom is -0.378 e. The third kappa shape index (κ3) is 4.27. The lowest BCUT2D eigenvalue weighted by Crippen LogP contribution is -2.13. The lowest BCUT2D eigenvalue weighted by molar-refractivity contribution is -0.116. The van der Waals surface area contributed by atoms with Crippen molar-refractivity contribution >= 4 is 28.9 Å². The number of rotatable bonds is 5. The van der Waals surface area contributed by atoms with Crippen LogP contribution >= 0.6 is 11.6 Å². The fourth-order valence-electron chi connectivity index (χ4n) is 1.51. The molecule has 0 saturated heterocycles. The molecule has 0 radical (unpaired) electrons. The van der Waals surface area contributed by atoms with Crippen molar-refractivity contribution in [3.63, 3.8) is 0 Å². The highest BCUT2D eigenvalue weighted by Gasteiger charge is 2.05. The maximum atomic E-state index is 11.6. The monoisotopic (exact) mass is 254 g/mol. The number of carbonyl (C=O) groups excluding carboxylic acids is 1. The first-order valence-corrected chi connectivity index (χ1v) is 6.22. The molecule has 0 saturated carbocycles. The summed E-state index contributed by atoms with van der Waals surface area (Å²) in [5.74, 6) is 0.540. The Bertz CT molecular complexity index is 391. The fourth-order valence-corrected chi connectivity index (χ4v) is 1.64. The molecule has 94 valence electrons. The average molecular weight is 255 g/mol. The first-order chi connectivity index (χ1) is 8.04. The van der Waals surface area contributed by atoms with Crippen molar-refractivity contribution in [2.75, 3.05) is 30.2 Å². The molecular formula is C13H19ClN2O. The van der Waals surface area contributed by atoms with Crippen molar-refractivity contribution in [3.05, 3.63) is 23.8 Å². The van der Waals surface area contributed by atoms with Crippen LogP contribution in [0.15, 0.2) is 18.2 Å². The van der Waals surface area contributed by atoms with Crippen molar-refractivity contribution in [2.45, 2.75) is 19.8 Å². The number of hydrogen-bond donors (Lipinski definition) is 1.